The third kappa shape index (κ3) is 3.23. The maximum Gasteiger partial charge on any atom is 0.326 e. The van der Waals surface area contributed by atoms with Gasteiger partial charge in [-0.1, -0.05) is 6.08 Å². The van der Waals surface area contributed by atoms with Crippen LogP contribution in [0.1, 0.15) is 39.4 Å². The number of hydrogen-bond donors (Lipinski definition) is 2. The number of allylic oxidation sites excluding steroid dienone is 1. The molecule has 5 heteroatoms. The standard InChI is InChI=1S/C14H17NO3S/c1-2-3-6-10(14(17)18)15-13(16)12-8-9-5-4-7-11(9)19-12/h2,8,10H,1,3-7H2,(H,15,16)(H,17,18). The van der Waals surface area contributed by atoms with Gasteiger partial charge >= 0.3 is 5.97 Å². The molecule has 1 atom stereocenters. The summed E-state index contributed by atoms with van der Waals surface area (Å²) < 4.78 is 0. The lowest BCUT2D eigenvalue weighted by Gasteiger charge is -2.12. The summed E-state index contributed by atoms with van der Waals surface area (Å²) >= 11 is 1.48. The molecule has 0 saturated carbocycles. The smallest absolute Gasteiger partial charge is 0.326 e. The number of nitrogens with one attached hydrogen (secondary N) is 1. The van der Waals surface area contributed by atoms with E-state index in [0.29, 0.717) is 17.7 Å². The quantitative estimate of drug-likeness (QED) is 0.786. The van der Waals surface area contributed by atoms with E-state index in [1.165, 1.54) is 21.8 Å². The fraction of sp³-hybridized carbons (Fsp3) is 0.429. The van der Waals surface area contributed by atoms with Crippen molar-refractivity contribution in [3.05, 3.63) is 34.0 Å². The Morgan fingerprint density at radius 2 is 2.32 bits per heavy atom. The number of aliphatic carboxylic acids is 1. The van der Waals surface area contributed by atoms with Crippen LogP contribution in [0.3, 0.4) is 0 Å². The van der Waals surface area contributed by atoms with Crippen molar-refractivity contribution in [3.63, 3.8) is 0 Å². The maximum atomic E-state index is 12.0. The van der Waals surface area contributed by atoms with Gasteiger partial charge in [-0.05, 0) is 43.7 Å². The van der Waals surface area contributed by atoms with Crippen molar-refractivity contribution in [2.75, 3.05) is 0 Å². The van der Waals surface area contributed by atoms with Crippen molar-refractivity contribution >= 4 is 23.2 Å². The number of carbonyl (C=O) groups excluding carboxylic acids is 1. The number of thiophene rings is 1. The number of rotatable bonds is 6. The summed E-state index contributed by atoms with van der Waals surface area (Å²) in [6.45, 7) is 3.56. The average Bonchev–Trinajstić information content (AvgIpc) is 2.94. The first-order chi connectivity index (χ1) is 9.11. The van der Waals surface area contributed by atoms with E-state index in [2.05, 4.69) is 11.9 Å². The van der Waals surface area contributed by atoms with Crippen molar-refractivity contribution in [2.24, 2.45) is 0 Å². The monoisotopic (exact) mass is 279 g/mol. The number of aryl methyl sites for hydroxylation is 2. The second kappa shape index (κ2) is 6.02. The zero-order valence-electron chi connectivity index (χ0n) is 10.6. The summed E-state index contributed by atoms with van der Waals surface area (Å²) in [5, 5.41) is 11.6. The van der Waals surface area contributed by atoms with Crippen LogP contribution >= 0.6 is 11.3 Å². The van der Waals surface area contributed by atoms with Crippen LogP contribution in [-0.4, -0.2) is 23.0 Å². The first-order valence-corrected chi connectivity index (χ1v) is 7.19. The molecule has 102 valence electrons. The number of amides is 1. The highest BCUT2D eigenvalue weighted by Crippen LogP contribution is 2.30. The molecule has 19 heavy (non-hydrogen) atoms. The maximum absolute atomic E-state index is 12.0. The molecule has 1 aliphatic rings. The Labute approximate surface area is 116 Å². The van der Waals surface area contributed by atoms with Gasteiger partial charge in [0.25, 0.3) is 5.91 Å². The van der Waals surface area contributed by atoms with Gasteiger partial charge in [-0.25, -0.2) is 4.79 Å². The van der Waals surface area contributed by atoms with Gasteiger partial charge in [0.1, 0.15) is 6.04 Å². The predicted octanol–water partition coefficient (Wildman–Crippen LogP) is 2.39. The number of carboxylic acid groups (broad SMARTS) is 1. The number of carbonyl (C=O) groups is 2. The summed E-state index contributed by atoms with van der Waals surface area (Å²) in [6, 6.07) is 1.05. The summed E-state index contributed by atoms with van der Waals surface area (Å²) in [6.07, 6.45) is 5.81. The largest absolute Gasteiger partial charge is 0.480 e. The van der Waals surface area contributed by atoms with Gasteiger partial charge in [-0.3, -0.25) is 4.79 Å². The fourth-order valence-electron chi connectivity index (χ4n) is 2.21. The summed E-state index contributed by atoms with van der Waals surface area (Å²) in [7, 11) is 0. The molecule has 4 nitrogen and oxygen atoms in total. The number of hydrogen-bond acceptors (Lipinski definition) is 3. The molecule has 0 saturated heterocycles. The van der Waals surface area contributed by atoms with Gasteiger partial charge in [0.15, 0.2) is 0 Å². The Hall–Kier alpha value is -1.62. The molecule has 1 aliphatic carbocycles. The van der Waals surface area contributed by atoms with Gasteiger partial charge in [0, 0.05) is 4.88 Å². The number of carboxylic acids is 1. The normalized spacial score (nSPS) is 14.7. The third-order valence-corrected chi connectivity index (χ3v) is 4.47. The molecular weight excluding hydrogens is 262 g/mol. The van der Waals surface area contributed by atoms with Crippen molar-refractivity contribution in [3.8, 4) is 0 Å². The van der Waals surface area contributed by atoms with E-state index in [-0.39, 0.29) is 5.91 Å². The highest BCUT2D eigenvalue weighted by molar-refractivity contribution is 7.14. The molecule has 0 aliphatic heterocycles. The SMILES string of the molecule is C=CCCC(NC(=O)c1cc2c(s1)CCC2)C(=O)O. The van der Waals surface area contributed by atoms with Crippen LogP contribution < -0.4 is 5.32 Å². The zero-order valence-corrected chi connectivity index (χ0v) is 11.5. The molecule has 0 spiro atoms. The van der Waals surface area contributed by atoms with Crippen LogP contribution in [0.15, 0.2) is 18.7 Å². The van der Waals surface area contributed by atoms with E-state index >= 15 is 0 Å². The average molecular weight is 279 g/mol. The Morgan fingerprint density at radius 3 is 2.95 bits per heavy atom. The van der Waals surface area contributed by atoms with Crippen LogP contribution in [-0.2, 0) is 17.6 Å². The van der Waals surface area contributed by atoms with Gasteiger partial charge < -0.3 is 10.4 Å². The Kier molecular flexibility index (Phi) is 4.37. The van der Waals surface area contributed by atoms with Crippen LogP contribution in [0.2, 0.25) is 0 Å². The Balaban J connectivity index is 2.01. The topological polar surface area (TPSA) is 66.4 Å². The lowest BCUT2D eigenvalue weighted by Crippen LogP contribution is -2.40. The molecule has 1 unspecified atom stereocenters. The Bertz CT molecular complexity index is 485. The van der Waals surface area contributed by atoms with Crippen LogP contribution in [0.5, 0.6) is 0 Å². The minimum absolute atomic E-state index is 0.282. The van der Waals surface area contributed by atoms with E-state index in [0.717, 1.165) is 19.3 Å². The molecule has 1 amide bonds. The van der Waals surface area contributed by atoms with Gasteiger partial charge in [0.05, 0.1) is 4.88 Å². The second-order valence-corrected chi connectivity index (χ2v) is 5.78. The molecule has 0 aromatic carbocycles. The molecule has 2 N–H and O–H groups in total. The first kappa shape index (κ1) is 13.8. The summed E-state index contributed by atoms with van der Waals surface area (Å²) in [4.78, 5) is 25.0. The molecule has 2 rings (SSSR count). The molecule has 0 radical (unpaired) electrons. The van der Waals surface area contributed by atoms with Crippen LogP contribution in [0.25, 0.3) is 0 Å². The molecule has 1 heterocycles. The van der Waals surface area contributed by atoms with Crippen molar-refractivity contribution in [1.29, 1.82) is 0 Å². The second-order valence-electron chi connectivity index (χ2n) is 4.64. The molecule has 1 aromatic rings. The van der Waals surface area contributed by atoms with E-state index in [1.54, 1.807) is 6.08 Å². The van der Waals surface area contributed by atoms with Crippen LogP contribution in [0, 0.1) is 0 Å². The highest BCUT2D eigenvalue weighted by Gasteiger charge is 2.23. The minimum Gasteiger partial charge on any atom is -0.480 e. The van der Waals surface area contributed by atoms with Gasteiger partial charge in [-0.15, -0.1) is 17.9 Å². The lowest BCUT2D eigenvalue weighted by molar-refractivity contribution is -0.139. The highest BCUT2D eigenvalue weighted by atomic mass is 32.1. The minimum atomic E-state index is -1.00. The molecular formula is C14H17NO3S. The van der Waals surface area contributed by atoms with Crippen molar-refractivity contribution in [1.82, 2.24) is 5.32 Å². The lowest BCUT2D eigenvalue weighted by atomic mass is 10.1. The van der Waals surface area contributed by atoms with Gasteiger partial charge in [-0.2, -0.15) is 0 Å². The van der Waals surface area contributed by atoms with E-state index in [1.807, 2.05) is 6.07 Å². The summed E-state index contributed by atoms with van der Waals surface area (Å²) in [5.74, 6) is -1.28. The zero-order chi connectivity index (χ0) is 13.8. The first-order valence-electron chi connectivity index (χ1n) is 6.38. The number of fused-ring (bicyclic) bond motifs is 1. The molecule has 0 bridgehead atoms. The Morgan fingerprint density at radius 1 is 1.53 bits per heavy atom. The predicted molar refractivity (Wildman–Crippen MR) is 74.7 cm³/mol. The van der Waals surface area contributed by atoms with E-state index < -0.39 is 12.0 Å². The summed E-state index contributed by atoms with van der Waals surface area (Å²) in [5.41, 5.74) is 1.24. The van der Waals surface area contributed by atoms with Crippen molar-refractivity contribution < 1.29 is 14.7 Å². The van der Waals surface area contributed by atoms with Crippen LogP contribution in [0.4, 0.5) is 0 Å². The van der Waals surface area contributed by atoms with Crippen molar-refractivity contribution in [2.45, 2.75) is 38.1 Å². The van der Waals surface area contributed by atoms with E-state index in [4.69, 9.17) is 5.11 Å². The van der Waals surface area contributed by atoms with E-state index in [9.17, 15) is 9.59 Å². The van der Waals surface area contributed by atoms with Gasteiger partial charge in [0.2, 0.25) is 0 Å². The molecule has 1 aromatic heterocycles. The fourth-order valence-corrected chi connectivity index (χ4v) is 3.37. The third-order valence-electron chi connectivity index (χ3n) is 3.23. The molecule has 0 fully saturated rings.